The fraction of sp³-hybridized carbons (Fsp3) is 0. The van der Waals surface area contributed by atoms with Crippen LogP contribution in [0.4, 0.5) is 22.9 Å². The van der Waals surface area contributed by atoms with Crippen LogP contribution in [0.3, 0.4) is 0 Å². The molecule has 0 amide bonds. The van der Waals surface area contributed by atoms with Crippen molar-refractivity contribution in [1.29, 1.82) is 0 Å². The lowest BCUT2D eigenvalue weighted by molar-refractivity contribution is -0.384. The van der Waals surface area contributed by atoms with Gasteiger partial charge >= 0.3 is 0 Å². The van der Waals surface area contributed by atoms with Gasteiger partial charge in [-0.15, -0.1) is 0 Å². The summed E-state index contributed by atoms with van der Waals surface area (Å²) >= 11 is 1.64. The van der Waals surface area contributed by atoms with E-state index in [1.165, 1.54) is 12.1 Å². The van der Waals surface area contributed by atoms with Crippen molar-refractivity contribution in [3.63, 3.8) is 0 Å². The Balaban J connectivity index is 1.89. The summed E-state index contributed by atoms with van der Waals surface area (Å²) in [7, 11) is 0. The average molecular weight is 322 g/mol. The van der Waals surface area contributed by atoms with Gasteiger partial charge in [-0.2, -0.15) is 0 Å². The van der Waals surface area contributed by atoms with Gasteiger partial charge in [-0.1, -0.05) is 11.8 Å². The molecule has 0 atom stereocenters. The molecule has 0 radical (unpaired) electrons. The first kappa shape index (κ1) is 13.7. The summed E-state index contributed by atoms with van der Waals surface area (Å²) in [4.78, 5) is 23.2. The summed E-state index contributed by atoms with van der Waals surface area (Å²) in [6, 6.07) is 12.3. The maximum atomic E-state index is 10.9. The summed E-state index contributed by atoms with van der Waals surface area (Å²) in [6.45, 7) is 0. The molecular weight excluding hydrogens is 312 g/mol. The van der Waals surface area contributed by atoms with E-state index >= 15 is 0 Å². The second-order valence-corrected chi connectivity index (χ2v) is 5.96. The topological polar surface area (TPSA) is 72.2 Å². The van der Waals surface area contributed by atoms with Crippen molar-refractivity contribution in [2.45, 2.75) is 9.79 Å². The summed E-state index contributed by atoms with van der Waals surface area (Å²) in [5.41, 5.74) is 1.79. The van der Waals surface area contributed by atoms with Crippen LogP contribution < -0.4 is 4.90 Å². The number of anilines is 3. The fourth-order valence-corrected chi connectivity index (χ4v) is 3.47. The highest BCUT2D eigenvalue weighted by atomic mass is 32.2. The monoisotopic (exact) mass is 322 g/mol. The van der Waals surface area contributed by atoms with Crippen LogP contribution in [0.5, 0.6) is 0 Å². The van der Waals surface area contributed by atoms with Gasteiger partial charge in [0.2, 0.25) is 0 Å². The van der Waals surface area contributed by atoms with Crippen molar-refractivity contribution in [2.75, 3.05) is 4.90 Å². The molecule has 7 heteroatoms. The minimum Gasteiger partial charge on any atom is -0.291 e. The summed E-state index contributed by atoms with van der Waals surface area (Å²) < 4.78 is 0. The minimum absolute atomic E-state index is 0.0628. The average Bonchev–Trinajstić information content (AvgIpc) is 2.59. The lowest BCUT2D eigenvalue weighted by Crippen LogP contribution is -2.16. The van der Waals surface area contributed by atoms with E-state index in [2.05, 4.69) is 9.97 Å². The van der Waals surface area contributed by atoms with Gasteiger partial charge in [-0.25, -0.2) is 4.98 Å². The fourth-order valence-electron chi connectivity index (χ4n) is 2.47. The molecule has 0 saturated heterocycles. The van der Waals surface area contributed by atoms with E-state index in [0.29, 0.717) is 0 Å². The first-order valence-corrected chi connectivity index (χ1v) is 7.67. The molecule has 3 heterocycles. The Kier molecular flexibility index (Phi) is 3.20. The second kappa shape index (κ2) is 5.36. The van der Waals surface area contributed by atoms with E-state index in [0.717, 1.165) is 27.0 Å². The van der Waals surface area contributed by atoms with Gasteiger partial charge in [0.05, 0.1) is 21.7 Å². The van der Waals surface area contributed by atoms with Crippen LogP contribution in [0.15, 0.2) is 70.8 Å². The maximum absolute atomic E-state index is 10.9. The molecule has 0 spiro atoms. The number of nitro groups is 1. The Morgan fingerprint density at radius 2 is 1.87 bits per heavy atom. The van der Waals surface area contributed by atoms with Crippen molar-refractivity contribution in [1.82, 2.24) is 9.97 Å². The predicted octanol–water partition coefficient (Wildman–Crippen LogP) is 4.32. The second-order valence-electron chi connectivity index (χ2n) is 4.88. The molecule has 23 heavy (non-hydrogen) atoms. The van der Waals surface area contributed by atoms with Crippen LogP contribution >= 0.6 is 11.8 Å². The number of rotatable bonds is 2. The zero-order chi connectivity index (χ0) is 15.8. The van der Waals surface area contributed by atoms with Crippen molar-refractivity contribution in [3.05, 3.63) is 71.2 Å². The standard InChI is InChI=1S/C16H10N4O2S/c21-20(22)12-5-3-11(4-6-12)19-13-10-17-9-7-14(13)23-15-2-1-8-18-16(15)19/h1-10H. The predicted molar refractivity (Wildman–Crippen MR) is 87.5 cm³/mol. The normalized spacial score (nSPS) is 12.4. The molecular formula is C16H10N4O2S. The molecule has 0 fully saturated rings. The van der Waals surface area contributed by atoms with E-state index in [9.17, 15) is 10.1 Å². The van der Waals surface area contributed by atoms with Crippen LogP contribution in [0.2, 0.25) is 0 Å². The lowest BCUT2D eigenvalue weighted by atomic mass is 10.2. The number of nitrogens with zero attached hydrogens (tertiary/aromatic N) is 4. The highest BCUT2D eigenvalue weighted by Gasteiger charge is 2.26. The Labute approximate surface area is 136 Å². The summed E-state index contributed by atoms with van der Waals surface area (Å²) in [6.07, 6.45) is 5.27. The summed E-state index contributed by atoms with van der Waals surface area (Å²) in [5, 5.41) is 10.9. The number of nitro benzene ring substituents is 1. The quantitative estimate of drug-likeness (QED) is 0.404. The molecule has 0 saturated carbocycles. The Morgan fingerprint density at radius 3 is 2.65 bits per heavy atom. The lowest BCUT2D eigenvalue weighted by Gasteiger charge is -2.30. The van der Waals surface area contributed by atoms with Crippen LogP contribution in [0.25, 0.3) is 0 Å². The van der Waals surface area contributed by atoms with Gasteiger partial charge < -0.3 is 0 Å². The molecule has 0 N–H and O–H groups in total. The van der Waals surface area contributed by atoms with Crippen LogP contribution in [0.1, 0.15) is 0 Å². The van der Waals surface area contributed by atoms with Crippen molar-refractivity contribution in [2.24, 2.45) is 0 Å². The van der Waals surface area contributed by atoms with Gasteiger partial charge in [-0.3, -0.25) is 20.0 Å². The highest BCUT2D eigenvalue weighted by Crippen LogP contribution is 2.49. The van der Waals surface area contributed by atoms with E-state index in [1.807, 2.05) is 23.1 Å². The first-order valence-electron chi connectivity index (χ1n) is 6.85. The third kappa shape index (κ3) is 2.31. The zero-order valence-corrected chi connectivity index (χ0v) is 12.6. The molecule has 2 aromatic heterocycles. The SMILES string of the molecule is O=[N+]([O-])c1ccc(N2c3cnccc3Sc3cccnc32)cc1. The van der Waals surface area contributed by atoms with Gasteiger partial charge in [0.25, 0.3) is 5.69 Å². The van der Waals surface area contributed by atoms with Gasteiger partial charge in [0.1, 0.15) is 0 Å². The molecule has 0 bridgehead atoms. The van der Waals surface area contributed by atoms with Crippen molar-refractivity contribution < 1.29 is 4.92 Å². The molecule has 6 nitrogen and oxygen atoms in total. The van der Waals surface area contributed by atoms with E-state index in [1.54, 1.807) is 42.5 Å². The molecule has 1 aliphatic heterocycles. The minimum atomic E-state index is -0.405. The number of aromatic nitrogens is 2. The number of non-ortho nitro benzene ring substituents is 1. The van der Waals surface area contributed by atoms with Crippen LogP contribution in [-0.2, 0) is 0 Å². The van der Waals surface area contributed by atoms with Gasteiger partial charge in [-0.05, 0) is 30.3 Å². The van der Waals surface area contributed by atoms with Gasteiger partial charge in [0, 0.05) is 35.1 Å². The smallest absolute Gasteiger partial charge is 0.269 e. The molecule has 4 rings (SSSR count). The molecule has 1 aromatic carbocycles. The number of fused-ring (bicyclic) bond motifs is 2. The molecule has 0 aliphatic carbocycles. The Bertz CT molecular complexity index is 853. The first-order chi connectivity index (χ1) is 11.2. The Hall–Kier alpha value is -2.93. The van der Waals surface area contributed by atoms with E-state index < -0.39 is 4.92 Å². The molecule has 0 unspecified atom stereocenters. The third-order valence-corrected chi connectivity index (χ3v) is 4.61. The number of benzene rings is 1. The molecule has 3 aromatic rings. The highest BCUT2D eigenvalue weighted by molar-refractivity contribution is 7.99. The summed E-state index contributed by atoms with van der Waals surface area (Å²) in [5.74, 6) is 0.798. The number of hydrogen-bond acceptors (Lipinski definition) is 6. The van der Waals surface area contributed by atoms with Crippen LogP contribution in [-0.4, -0.2) is 14.9 Å². The van der Waals surface area contributed by atoms with Gasteiger partial charge in [0.15, 0.2) is 5.82 Å². The zero-order valence-electron chi connectivity index (χ0n) is 11.8. The van der Waals surface area contributed by atoms with Crippen molar-refractivity contribution in [3.8, 4) is 0 Å². The largest absolute Gasteiger partial charge is 0.291 e. The van der Waals surface area contributed by atoms with E-state index in [4.69, 9.17) is 0 Å². The van der Waals surface area contributed by atoms with E-state index in [-0.39, 0.29) is 5.69 Å². The Morgan fingerprint density at radius 1 is 1.04 bits per heavy atom. The number of pyridine rings is 2. The van der Waals surface area contributed by atoms with Crippen molar-refractivity contribution >= 4 is 34.6 Å². The molecule has 112 valence electrons. The molecule has 1 aliphatic rings. The maximum Gasteiger partial charge on any atom is 0.269 e. The third-order valence-electron chi connectivity index (χ3n) is 3.50. The van der Waals surface area contributed by atoms with Crippen LogP contribution in [0, 0.1) is 10.1 Å². The number of hydrogen-bond donors (Lipinski definition) is 0.